The number of hydrogen-bond donors (Lipinski definition) is 4. The maximum atomic E-state index is 12.9. The summed E-state index contributed by atoms with van der Waals surface area (Å²) in [5.41, 5.74) is 0. The Balaban J connectivity index is 4.64. The van der Waals surface area contributed by atoms with Gasteiger partial charge in [-0.25, -0.2) is 9.13 Å². The number of carbonyl (C=O) groups excluding carboxylic acids is 3. The van der Waals surface area contributed by atoms with Crippen molar-refractivity contribution in [2.24, 2.45) is 0 Å². The van der Waals surface area contributed by atoms with Crippen molar-refractivity contribution in [1.82, 2.24) is 0 Å². The van der Waals surface area contributed by atoms with E-state index >= 15 is 0 Å². The number of hydrogen-bond acceptors (Lipinski definition) is 14. The number of aliphatic hydroxyl groups excluding tert-OH is 2. The van der Waals surface area contributed by atoms with Crippen LogP contribution < -0.4 is 0 Å². The van der Waals surface area contributed by atoms with E-state index < -0.39 is 91.5 Å². The van der Waals surface area contributed by atoms with Crippen LogP contribution in [0.25, 0.3) is 0 Å². The topological polar surface area (TPSA) is 231 Å². The van der Waals surface area contributed by atoms with Gasteiger partial charge in [0.25, 0.3) is 0 Å². The molecule has 0 bridgehead atoms. The molecule has 528 valence electrons. The van der Waals surface area contributed by atoms with Gasteiger partial charge in [0, 0.05) is 19.3 Å². The van der Waals surface area contributed by atoms with Gasteiger partial charge < -0.3 is 34.2 Å². The summed E-state index contributed by atoms with van der Waals surface area (Å²) in [7, 11) is -9.80. The highest BCUT2D eigenvalue weighted by molar-refractivity contribution is 7.47. The average Bonchev–Trinajstić information content (AvgIpc) is 2.44. The third-order valence-electron chi connectivity index (χ3n) is 13.7. The van der Waals surface area contributed by atoms with Crippen molar-refractivity contribution < 1.29 is 75.8 Å². The SMILES string of the molecule is CC/C=C\C/C=C\C/C=C\C/C=C\C/C=C\C/C=C\CCCCCCC(=O)OCC(O)COP(=O)(O)OCC(O)COP(=O)(O)OCC(COC(=O)CCCCCC/C=C\C/C=C\C/C=C\C/C=C\C/C=C\C/C=C\CC)OC(=O)CCCCCCC/C=C\CCCC. The number of rotatable bonds is 64. The second-order valence-corrected chi connectivity index (χ2v) is 25.5. The summed E-state index contributed by atoms with van der Waals surface area (Å²) in [5, 5.41) is 20.5. The fraction of sp³-hybridized carbons (Fsp3) is 0.613. The molecule has 0 amide bonds. The molecule has 0 spiro atoms. The molecule has 16 nitrogen and oxygen atoms in total. The molecule has 0 radical (unpaired) electrons. The molecule has 0 aliphatic rings. The molecule has 0 saturated carbocycles. The summed E-state index contributed by atoms with van der Waals surface area (Å²) in [6.07, 6.45) is 81.6. The Morgan fingerprint density at radius 2 is 0.570 bits per heavy atom. The summed E-state index contributed by atoms with van der Waals surface area (Å²) < 4.78 is 60.8. The lowest BCUT2D eigenvalue weighted by atomic mass is 10.1. The number of aliphatic hydroxyl groups is 2. The first-order valence-corrected chi connectivity index (χ1v) is 37.8. The minimum absolute atomic E-state index is 0.0817. The van der Waals surface area contributed by atoms with Crippen LogP contribution in [0.3, 0.4) is 0 Å². The van der Waals surface area contributed by atoms with Crippen LogP contribution in [0.15, 0.2) is 158 Å². The number of phosphoric acid groups is 2. The Hall–Kier alpha value is -4.83. The monoisotopic (exact) mass is 1340 g/mol. The minimum atomic E-state index is -4.94. The maximum Gasteiger partial charge on any atom is 0.472 e. The van der Waals surface area contributed by atoms with Crippen LogP contribution in [-0.4, -0.2) is 95.9 Å². The van der Waals surface area contributed by atoms with Gasteiger partial charge >= 0.3 is 33.6 Å². The summed E-state index contributed by atoms with van der Waals surface area (Å²) in [5.74, 6) is -1.65. The molecule has 0 aromatic rings. The van der Waals surface area contributed by atoms with Crippen molar-refractivity contribution in [3.8, 4) is 0 Å². The quantitative estimate of drug-likeness (QED) is 0.0146. The second kappa shape index (κ2) is 67.2. The third-order valence-corrected chi connectivity index (χ3v) is 15.6. The van der Waals surface area contributed by atoms with Gasteiger partial charge in [-0.2, -0.15) is 0 Å². The van der Waals surface area contributed by atoms with E-state index in [0.29, 0.717) is 19.3 Å². The molecule has 0 rings (SSSR count). The van der Waals surface area contributed by atoms with E-state index in [0.717, 1.165) is 167 Å². The molecule has 0 aliphatic heterocycles. The first-order valence-electron chi connectivity index (χ1n) is 34.8. The first-order chi connectivity index (χ1) is 45.2. The van der Waals surface area contributed by atoms with Crippen LogP contribution in [0.4, 0.5) is 0 Å². The highest BCUT2D eigenvalue weighted by atomic mass is 31.2. The number of unbranched alkanes of at least 4 members (excludes halogenated alkanes) is 15. The van der Waals surface area contributed by atoms with Crippen molar-refractivity contribution in [3.63, 3.8) is 0 Å². The second-order valence-electron chi connectivity index (χ2n) is 22.6. The first kappa shape index (κ1) is 88.2. The summed E-state index contributed by atoms with van der Waals surface area (Å²) >= 11 is 0. The van der Waals surface area contributed by atoms with E-state index in [9.17, 15) is 43.5 Å². The van der Waals surface area contributed by atoms with Gasteiger partial charge in [0.15, 0.2) is 6.10 Å². The van der Waals surface area contributed by atoms with Crippen LogP contribution in [0.1, 0.15) is 239 Å². The molecule has 5 atom stereocenters. The summed E-state index contributed by atoms with van der Waals surface area (Å²) in [6, 6.07) is 0. The number of esters is 3. The Labute approximate surface area is 561 Å². The Morgan fingerprint density at radius 3 is 0.914 bits per heavy atom. The number of carbonyl (C=O) groups is 3. The van der Waals surface area contributed by atoms with Gasteiger partial charge in [0.05, 0.1) is 26.4 Å². The van der Waals surface area contributed by atoms with E-state index in [1.807, 2.05) is 0 Å². The molecule has 18 heteroatoms. The van der Waals surface area contributed by atoms with Gasteiger partial charge in [0.2, 0.25) is 0 Å². The summed E-state index contributed by atoms with van der Waals surface area (Å²) in [4.78, 5) is 58.3. The predicted octanol–water partition coefficient (Wildman–Crippen LogP) is 19.5. The van der Waals surface area contributed by atoms with Gasteiger partial charge in [0.1, 0.15) is 25.4 Å². The van der Waals surface area contributed by atoms with Gasteiger partial charge in [-0.1, -0.05) is 237 Å². The molecule has 0 fully saturated rings. The molecule has 0 aromatic heterocycles. The van der Waals surface area contributed by atoms with Crippen LogP contribution in [0, 0.1) is 0 Å². The highest BCUT2D eigenvalue weighted by Crippen LogP contribution is 2.45. The zero-order valence-corrected chi connectivity index (χ0v) is 58.9. The fourth-order valence-corrected chi connectivity index (χ4v) is 10.0. The number of phosphoric ester groups is 2. The summed E-state index contributed by atoms with van der Waals surface area (Å²) in [6.45, 7) is 2.29. The Morgan fingerprint density at radius 1 is 0.312 bits per heavy atom. The lowest BCUT2D eigenvalue weighted by Gasteiger charge is -2.21. The van der Waals surface area contributed by atoms with Crippen molar-refractivity contribution in [2.75, 3.05) is 39.6 Å². The standard InChI is InChI=1S/C75H122O16P2/c1-4-7-10-13-16-19-22-24-26-28-30-32-34-36-38-40-42-44-47-49-52-55-58-61-73(78)85-64-70(76)65-87-92(81,82)88-66-71(77)67-89-93(83,84)90-69-72(91-75(80)63-60-57-54-51-46-21-18-15-12-9-6-3)68-86-74(79)62-59-56-53-50-48-45-43-41-39-37-35-33-31-29-27-25-23-20-17-14-11-8-5-2/h7-8,10-11,15-20,24-27,30-33,36-39,42-45,70-72,76-77H,4-6,9,12-14,21-23,28-29,34-35,40-41,46-69H2,1-3H3,(H,81,82)(H,83,84)/b10-7-,11-8-,18-15-,19-16-,20-17-,26-24-,27-25-,32-30-,33-31-,38-36-,39-37-,44-42-,45-43-. The van der Waals surface area contributed by atoms with Crippen molar-refractivity contribution in [3.05, 3.63) is 158 Å². The molecule has 93 heavy (non-hydrogen) atoms. The maximum absolute atomic E-state index is 12.9. The Bertz CT molecular complexity index is 2320. The van der Waals surface area contributed by atoms with Gasteiger partial charge in [-0.15, -0.1) is 0 Å². The smallest absolute Gasteiger partial charge is 0.463 e. The van der Waals surface area contributed by atoms with Crippen LogP contribution >= 0.6 is 15.6 Å². The average molecular weight is 1340 g/mol. The lowest BCUT2D eigenvalue weighted by Crippen LogP contribution is -2.30. The van der Waals surface area contributed by atoms with Crippen LogP contribution in [-0.2, 0) is 55.8 Å². The van der Waals surface area contributed by atoms with E-state index in [2.05, 4.69) is 179 Å². The van der Waals surface area contributed by atoms with Crippen LogP contribution in [0.5, 0.6) is 0 Å². The van der Waals surface area contributed by atoms with E-state index in [1.165, 1.54) is 12.8 Å². The van der Waals surface area contributed by atoms with E-state index in [1.54, 1.807) is 0 Å². The third kappa shape index (κ3) is 68.4. The normalized spacial score (nSPS) is 15.1. The zero-order valence-electron chi connectivity index (χ0n) is 57.1. The molecule has 0 aromatic carbocycles. The molecule has 0 saturated heterocycles. The van der Waals surface area contributed by atoms with Gasteiger partial charge in [-0.05, 0) is 141 Å². The number of allylic oxidation sites excluding steroid dienone is 26. The highest BCUT2D eigenvalue weighted by Gasteiger charge is 2.29. The zero-order chi connectivity index (χ0) is 68.1. The van der Waals surface area contributed by atoms with Crippen molar-refractivity contribution in [1.29, 1.82) is 0 Å². The molecule has 5 unspecified atom stereocenters. The molecule has 4 N–H and O–H groups in total. The lowest BCUT2D eigenvalue weighted by molar-refractivity contribution is -0.161. The largest absolute Gasteiger partial charge is 0.472 e. The predicted molar refractivity (Wildman–Crippen MR) is 380 cm³/mol. The van der Waals surface area contributed by atoms with E-state index in [-0.39, 0.29) is 19.3 Å². The minimum Gasteiger partial charge on any atom is -0.463 e. The number of ether oxygens (including phenoxy) is 3. The van der Waals surface area contributed by atoms with Gasteiger partial charge in [-0.3, -0.25) is 32.5 Å². The van der Waals surface area contributed by atoms with Crippen molar-refractivity contribution >= 4 is 33.6 Å². The molecular weight excluding hydrogens is 1220 g/mol. The molecule has 0 heterocycles. The van der Waals surface area contributed by atoms with E-state index in [4.69, 9.17) is 32.3 Å². The fourth-order valence-electron chi connectivity index (χ4n) is 8.44. The molecule has 0 aliphatic carbocycles. The van der Waals surface area contributed by atoms with Crippen LogP contribution in [0.2, 0.25) is 0 Å². The molecular formula is C75H122O16P2. The van der Waals surface area contributed by atoms with Crippen molar-refractivity contribution in [2.45, 2.75) is 257 Å². The Kier molecular flexibility index (Phi) is 63.7.